The van der Waals surface area contributed by atoms with E-state index >= 15 is 0 Å². The third-order valence-corrected chi connectivity index (χ3v) is 4.67. The molecule has 0 fully saturated rings. The maximum atomic E-state index is 6.15. The molecule has 0 aliphatic rings. The molecule has 0 amide bonds. The lowest BCUT2D eigenvalue weighted by atomic mass is 9.96. The van der Waals surface area contributed by atoms with Crippen LogP contribution in [0.25, 0.3) is 4.96 Å². The lowest BCUT2D eigenvalue weighted by Gasteiger charge is -2.12. The third-order valence-electron chi connectivity index (χ3n) is 3.47. The molecule has 0 aliphatic heterocycles. The topological polar surface area (TPSA) is 17.3 Å². The Bertz CT molecular complexity index is 673. The Kier molecular flexibility index (Phi) is 4.08. The van der Waals surface area contributed by atoms with E-state index in [1.165, 1.54) is 11.1 Å². The van der Waals surface area contributed by atoms with E-state index in [0.29, 0.717) is 11.8 Å². The number of alkyl halides is 1. The summed E-state index contributed by atoms with van der Waals surface area (Å²) in [6.07, 6.45) is 6.11. The van der Waals surface area contributed by atoms with Gasteiger partial charge >= 0.3 is 0 Å². The van der Waals surface area contributed by atoms with Gasteiger partial charge in [-0.3, -0.25) is 4.40 Å². The fourth-order valence-electron chi connectivity index (χ4n) is 2.52. The van der Waals surface area contributed by atoms with E-state index in [9.17, 15) is 0 Å². The summed E-state index contributed by atoms with van der Waals surface area (Å²) < 4.78 is 2.08. The second-order valence-electron chi connectivity index (χ2n) is 5.24. The second-order valence-corrected chi connectivity index (χ2v) is 6.42. The van der Waals surface area contributed by atoms with E-state index in [2.05, 4.69) is 52.2 Å². The Labute approximate surface area is 128 Å². The van der Waals surface area contributed by atoms with Crippen LogP contribution in [0.1, 0.15) is 16.8 Å². The van der Waals surface area contributed by atoms with Gasteiger partial charge in [-0.05, 0) is 31.2 Å². The Morgan fingerprint density at radius 1 is 1.35 bits per heavy atom. The number of hydrogen-bond acceptors (Lipinski definition) is 2. The quantitative estimate of drug-likeness (QED) is 0.641. The molecule has 0 spiro atoms. The lowest BCUT2D eigenvalue weighted by Crippen LogP contribution is -2.10. The summed E-state index contributed by atoms with van der Waals surface area (Å²) in [6.45, 7) is 2.13. The molecule has 104 valence electrons. The zero-order valence-corrected chi connectivity index (χ0v) is 13.0. The summed E-state index contributed by atoms with van der Waals surface area (Å²) in [4.78, 5) is 5.70. The van der Waals surface area contributed by atoms with E-state index in [1.807, 2.05) is 6.20 Å². The molecule has 0 N–H and O–H groups in total. The summed E-state index contributed by atoms with van der Waals surface area (Å²) in [5.74, 6) is 1.10. The van der Waals surface area contributed by atoms with Crippen molar-refractivity contribution in [3.8, 4) is 0 Å². The van der Waals surface area contributed by atoms with Crippen molar-refractivity contribution in [1.82, 2.24) is 9.38 Å². The molecule has 3 aromatic rings. The standard InChI is InChI=1S/C16H17ClN2S/c1-12-3-2-4-13(7-12)8-14(10-17)9-15-11-19-5-6-20-16(19)18-15/h2-7,11,14H,8-10H2,1H3. The van der Waals surface area contributed by atoms with Gasteiger partial charge in [0.25, 0.3) is 0 Å². The molecule has 2 heterocycles. The predicted octanol–water partition coefficient (Wildman–Crippen LogP) is 4.34. The number of aromatic nitrogens is 2. The minimum absolute atomic E-state index is 0.433. The van der Waals surface area contributed by atoms with Gasteiger partial charge in [0.05, 0.1) is 5.69 Å². The first kappa shape index (κ1) is 13.7. The largest absolute Gasteiger partial charge is 0.297 e. The molecule has 0 saturated heterocycles. The number of thiazole rings is 1. The third kappa shape index (κ3) is 3.05. The average molecular weight is 305 g/mol. The van der Waals surface area contributed by atoms with Gasteiger partial charge in [-0.2, -0.15) is 0 Å². The Balaban J connectivity index is 1.72. The zero-order chi connectivity index (χ0) is 13.9. The Morgan fingerprint density at radius 3 is 3.00 bits per heavy atom. The van der Waals surface area contributed by atoms with E-state index in [0.717, 1.165) is 23.5 Å². The van der Waals surface area contributed by atoms with Crippen LogP contribution in [-0.2, 0) is 12.8 Å². The van der Waals surface area contributed by atoms with E-state index in [1.54, 1.807) is 11.3 Å². The molecule has 4 heteroatoms. The summed E-state index contributed by atoms with van der Waals surface area (Å²) in [6, 6.07) is 8.66. The summed E-state index contributed by atoms with van der Waals surface area (Å²) in [7, 11) is 0. The molecule has 2 aromatic heterocycles. The van der Waals surface area contributed by atoms with Gasteiger partial charge in [0.1, 0.15) is 0 Å². The molecule has 1 aromatic carbocycles. The predicted molar refractivity (Wildman–Crippen MR) is 85.9 cm³/mol. The molecule has 0 aliphatic carbocycles. The van der Waals surface area contributed by atoms with Crippen molar-refractivity contribution in [2.45, 2.75) is 19.8 Å². The lowest BCUT2D eigenvalue weighted by molar-refractivity contribution is 0.577. The molecule has 1 unspecified atom stereocenters. The first-order valence-corrected chi connectivity index (χ1v) is 8.18. The minimum atomic E-state index is 0.433. The highest BCUT2D eigenvalue weighted by molar-refractivity contribution is 7.15. The van der Waals surface area contributed by atoms with Crippen LogP contribution in [0.15, 0.2) is 42.0 Å². The van der Waals surface area contributed by atoms with Gasteiger partial charge in [-0.1, -0.05) is 29.8 Å². The number of rotatable bonds is 5. The second kappa shape index (κ2) is 5.98. The van der Waals surface area contributed by atoms with Crippen LogP contribution >= 0.6 is 22.9 Å². The van der Waals surface area contributed by atoms with Gasteiger partial charge in [0.2, 0.25) is 0 Å². The first-order valence-electron chi connectivity index (χ1n) is 6.77. The van der Waals surface area contributed by atoms with E-state index in [4.69, 9.17) is 11.6 Å². The van der Waals surface area contributed by atoms with Crippen molar-refractivity contribution in [1.29, 1.82) is 0 Å². The fraction of sp³-hybridized carbons (Fsp3) is 0.312. The molecule has 0 saturated carbocycles. The van der Waals surface area contributed by atoms with Crippen LogP contribution in [0.2, 0.25) is 0 Å². The normalized spacial score (nSPS) is 12.9. The summed E-state index contributed by atoms with van der Waals surface area (Å²) in [5.41, 5.74) is 3.80. The van der Waals surface area contributed by atoms with E-state index < -0.39 is 0 Å². The monoisotopic (exact) mass is 304 g/mol. The number of nitrogens with zero attached hydrogens (tertiary/aromatic N) is 2. The highest BCUT2D eigenvalue weighted by Gasteiger charge is 2.12. The number of aryl methyl sites for hydroxylation is 1. The van der Waals surface area contributed by atoms with Gasteiger partial charge in [-0.15, -0.1) is 22.9 Å². The summed E-state index contributed by atoms with van der Waals surface area (Å²) >= 11 is 7.82. The van der Waals surface area contributed by atoms with Crippen LogP contribution in [0.4, 0.5) is 0 Å². The van der Waals surface area contributed by atoms with E-state index in [-0.39, 0.29) is 0 Å². The molecular formula is C16H17ClN2S. The SMILES string of the molecule is Cc1cccc(CC(CCl)Cc2cn3ccsc3n2)c1. The van der Waals surface area contributed by atoms with Crippen LogP contribution in [-0.4, -0.2) is 15.3 Å². The van der Waals surface area contributed by atoms with Crippen molar-refractivity contribution in [3.05, 3.63) is 58.9 Å². The van der Waals surface area contributed by atoms with Gasteiger partial charge in [-0.25, -0.2) is 4.98 Å². The number of halogens is 1. The fourth-order valence-corrected chi connectivity index (χ4v) is 3.46. The zero-order valence-electron chi connectivity index (χ0n) is 11.4. The van der Waals surface area contributed by atoms with Crippen molar-refractivity contribution in [2.24, 2.45) is 5.92 Å². The molecule has 3 rings (SSSR count). The molecule has 20 heavy (non-hydrogen) atoms. The molecule has 1 atom stereocenters. The molecular weight excluding hydrogens is 288 g/mol. The van der Waals surface area contributed by atoms with Crippen LogP contribution in [0, 0.1) is 12.8 Å². The molecule has 0 radical (unpaired) electrons. The number of hydrogen-bond donors (Lipinski definition) is 0. The Hall–Kier alpha value is -1.32. The van der Waals surface area contributed by atoms with Gasteiger partial charge in [0.15, 0.2) is 4.96 Å². The Morgan fingerprint density at radius 2 is 2.25 bits per heavy atom. The molecule has 0 bridgehead atoms. The average Bonchev–Trinajstić information content (AvgIpc) is 2.98. The smallest absolute Gasteiger partial charge is 0.193 e. The van der Waals surface area contributed by atoms with Crippen molar-refractivity contribution in [2.75, 3.05) is 5.88 Å². The van der Waals surface area contributed by atoms with Crippen molar-refractivity contribution >= 4 is 27.9 Å². The molecule has 2 nitrogen and oxygen atoms in total. The maximum Gasteiger partial charge on any atom is 0.193 e. The van der Waals surface area contributed by atoms with Gasteiger partial charge in [0, 0.05) is 23.7 Å². The number of benzene rings is 1. The highest BCUT2D eigenvalue weighted by Crippen LogP contribution is 2.19. The first-order chi connectivity index (χ1) is 9.74. The highest BCUT2D eigenvalue weighted by atomic mass is 35.5. The van der Waals surface area contributed by atoms with Crippen LogP contribution in [0.5, 0.6) is 0 Å². The van der Waals surface area contributed by atoms with Crippen LogP contribution < -0.4 is 0 Å². The number of imidazole rings is 1. The summed E-state index contributed by atoms with van der Waals surface area (Å²) in [5, 5.41) is 2.05. The maximum absolute atomic E-state index is 6.15. The van der Waals surface area contributed by atoms with Gasteiger partial charge < -0.3 is 0 Å². The number of fused-ring (bicyclic) bond motifs is 1. The minimum Gasteiger partial charge on any atom is -0.297 e. The van der Waals surface area contributed by atoms with Crippen LogP contribution in [0.3, 0.4) is 0 Å². The van der Waals surface area contributed by atoms with Crippen molar-refractivity contribution in [3.63, 3.8) is 0 Å². The van der Waals surface area contributed by atoms with Crippen molar-refractivity contribution < 1.29 is 0 Å².